The van der Waals surface area contributed by atoms with Gasteiger partial charge in [0, 0.05) is 23.9 Å². The summed E-state index contributed by atoms with van der Waals surface area (Å²) in [5.41, 5.74) is 4.79. The lowest BCUT2D eigenvalue weighted by Gasteiger charge is -2.11. The first-order valence-corrected chi connectivity index (χ1v) is 7.29. The smallest absolute Gasteiger partial charge is 0.119 e. The van der Waals surface area contributed by atoms with Crippen molar-refractivity contribution in [3.8, 4) is 5.75 Å². The number of aromatic nitrogens is 1. The third-order valence-corrected chi connectivity index (χ3v) is 3.61. The number of nitrogens with one attached hydrogen (secondary N) is 2. The third-order valence-electron chi connectivity index (χ3n) is 3.61. The van der Waals surface area contributed by atoms with Crippen molar-refractivity contribution in [2.45, 2.75) is 20.4 Å². The minimum Gasteiger partial charge on any atom is -0.494 e. The van der Waals surface area contributed by atoms with Crippen molar-refractivity contribution in [2.24, 2.45) is 0 Å². The molecule has 3 heteroatoms. The van der Waals surface area contributed by atoms with E-state index in [9.17, 15) is 0 Å². The maximum Gasteiger partial charge on any atom is 0.119 e. The van der Waals surface area contributed by atoms with Crippen LogP contribution >= 0.6 is 0 Å². The first-order valence-electron chi connectivity index (χ1n) is 7.29. The van der Waals surface area contributed by atoms with Crippen LogP contribution in [-0.4, -0.2) is 11.6 Å². The molecule has 3 rings (SSSR count). The number of hydrogen-bond acceptors (Lipinski definition) is 2. The van der Waals surface area contributed by atoms with E-state index in [0.29, 0.717) is 6.61 Å². The van der Waals surface area contributed by atoms with E-state index in [4.69, 9.17) is 4.74 Å². The number of benzene rings is 2. The summed E-state index contributed by atoms with van der Waals surface area (Å²) in [7, 11) is 0. The topological polar surface area (TPSA) is 37.0 Å². The number of rotatable bonds is 5. The van der Waals surface area contributed by atoms with Gasteiger partial charge in [-0.3, -0.25) is 0 Å². The highest BCUT2D eigenvalue weighted by atomic mass is 16.5. The Labute approximate surface area is 125 Å². The first-order chi connectivity index (χ1) is 10.3. The van der Waals surface area contributed by atoms with Crippen LogP contribution in [0.4, 0.5) is 5.69 Å². The Kier molecular flexibility index (Phi) is 3.82. The van der Waals surface area contributed by atoms with E-state index in [1.54, 1.807) is 0 Å². The molecule has 1 heterocycles. The van der Waals surface area contributed by atoms with Crippen LogP contribution < -0.4 is 10.1 Å². The maximum atomic E-state index is 5.51. The van der Waals surface area contributed by atoms with Gasteiger partial charge in [0.15, 0.2) is 0 Å². The molecule has 0 bridgehead atoms. The summed E-state index contributed by atoms with van der Waals surface area (Å²) in [6.45, 7) is 5.61. The van der Waals surface area contributed by atoms with Gasteiger partial charge in [0.1, 0.15) is 5.75 Å². The van der Waals surface area contributed by atoms with E-state index in [0.717, 1.165) is 18.0 Å². The summed E-state index contributed by atoms with van der Waals surface area (Å²) in [6.07, 6.45) is 1.97. The average molecular weight is 280 g/mol. The molecular weight excluding hydrogens is 260 g/mol. The lowest BCUT2D eigenvalue weighted by atomic mass is 10.1. The van der Waals surface area contributed by atoms with Crippen LogP contribution in [0, 0.1) is 6.92 Å². The van der Waals surface area contributed by atoms with Gasteiger partial charge in [-0.1, -0.05) is 6.07 Å². The molecule has 0 amide bonds. The fraction of sp³-hybridized carbons (Fsp3) is 0.222. The molecule has 0 unspecified atom stereocenters. The Morgan fingerprint density at radius 3 is 2.81 bits per heavy atom. The molecule has 0 fully saturated rings. The summed E-state index contributed by atoms with van der Waals surface area (Å²) in [6, 6.07) is 14.7. The molecule has 0 radical (unpaired) electrons. The van der Waals surface area contributed by atoms with Gasteiger partial charge in [-0.25, -0.2) is 0 Å². The molecule has 0 saturated carbocycles. The predicted octanol–water partition coefficient (Wildman–Crippen LogP) is 4.49. The lowest BCUT2D eigenvalue weighted by Crippen LogP contribution is -2.01. The molecule has 0 aliphatic heterocycles. The van der Waals surface area contributed by atoms with Crippen molar-refractivity contribution in [3.63, 3.8) is 0 Å². The van der Waals surface area contributed by atoms with Crippen molar-refractivity contribution in [1.29, 1.82) is 0 Å². The largest absolute Gasteiger partial charge is 0.494 e. The molecule has 0 atom stereocenters. The fourth-order valence-electron chi connectivity index (χ4n) is 2.50. The van der Waals surface area contributed by atoms with E-state index in [2.05, 4.69) is 53.6 Å². The zero-order valence-electron chi connectivity index (χ0n) is 12.4. The molecular formula is C18H20N2O. The van der Waals surface area contributed by atoms with Gasteiger partial charge in [0.2, 0.25) is 0 Å². The van der Waals surface area contributed by atoms with Crippen molar-refractivity contribution in [3.05, 3.63) is 59.8 Å². The Balaban J connectivity index is 1.71. The van der Waals surface area contributed by atoms with Gasteiger partial charge in [-0.05, 0) is 66.8 Å². The van der Waals surface area contributed by atoms with Crippen LogP contribution in [-0.2, 0) is 6.54 Å². The zero-order valence-corrected chi connectivity index (χ0v) is 12.4. The lowest BCUT2D eigenvalue weighted by molar-refractivity contribution is 0.340. The molecule has 0 saturated heterocycles. The van der Waals surface area contributed by atoms with Gasteiger partial charge in [0.05, 0.1) is 6.61 Å². The molecule has 1 aromatic heterocycles. The summed E-state index contributed by atoms with van der Waals surface area (Å²) in [4.78, 5) is 3.21. The van der Waals surface area contributed by atoms with Crippen molar-refractivity contribution in [1.82, 2.24) is 4.98 Å². The summed E-state index contributed by atoms with van der Waals surface area (Å²) in [5, 5.41) is 4.74. The number of H-pyrrole nitrogens is 1. The Morgan fingerprint density at radius 1 is 1.10 bits per heavy atom. The minimum absolute atomic E-state index is 0.697. The highest BCUT2D eigenvalue weighted by Gasteiger charge is 2.02. The van der Waals surface area contributed by atoms with Crippen LogP contribution in [0.2, 0.25) is 0 Å². The molecule has 3 nitrogen and oxygen atoms in total. The van der Waals surface area contributed by atoms with E-state index < -0.39 is 0 Å². The Hall–Kier alpha value is -2.42. The molecule has 2 N–H and O–H groups in total. The van der Waals surface area contributed by atoms with Gasteiger partial charge in [0.25, 0.3) is 0 Å². The third kappa shape index (κ3) is 3.02. The van der Waals surface area contributed by atoms with Gasteiger partial charge in [-0.15, -0.1) is 0 Å². The molecule has 0 aliphatic carbocycles. The molecule has 3 aromatic rings. The van der Waals surface area contributed by atoms with Crippen molar-refractivity contribution < 1.29 is 4.74 Å². The number of aromatic amines is 1. The van der Waals surface area contributed by atoms with Crippen molar-refractivity contribution >= 4 is 16.6 Å². The number of hydrogen-bond donors (Lipinski definition) is 2. The Morgan fingerprint density at radius 2 is 2.00 bits per heavy atom. The molecule has 2 aromatic carbocycles. The van der Waals surface area contributed by atoms with Gasteiger partial charge in [-0.2, -0.15) is 0 Å². The SMILES string of the molecule is CCOc1ccc(NCc2ccc3[nH]ccc3c2)c(C)c1. The van der Waals surface area contributed by atoms with E-state index in [-0.39, 0.29) is 0 Å². The van der Waals surface area contributed by atoms with Crippen LogP contribution in [0.15, 0.2) is 48.7 Å². The highest BCUT2D eigenvalue weighted by molar-refractivity contribution is 5.80. The maximum absolute atomic E-state index is 5.51. The van der Waals surface area contributed by atoms with Crippen LogP contribution in [0.3, 0.4) is 0 Å². The predicted molar refractivity (Wildman–Crippen MR) is 88.0 cm³/mol. The van der Waals surface area contributed by atoms with Crippen LogP contribution in [0.5, 0.6) is 5.75 Å². The number of anilines is 1. The zero-order chi connectivity index (χ0) is 14.7. The molecule has 21 heavy (non-hydrogen) atoms. The number of fused-ring (bicyclic) bond motifs is 1. The summed E-state index contributed by atoms with van der Waals surface area (Å²) in [5.74, 6) is 0.925. The standard InChI is InChI=1S/C18H20N2O/c1-3-21-16-5-7-17(13(2)10-16)20-12-14-4-6-18-15(11-14)8-9-19-18/h4-11,19-20H,3,12H2,1-2H3. The second-order valence-corrected chi connectivity index (χ2v) is 5.16. The second-order valence-electron chi connectivity index (χ2n) is 5.16. The highest BCUT2D eigenvalue weighted by Crippen LogP contribution is 2.22. The quantitative estimate of drug-likeness (QED) is 0.722. The van der Waals surface area contributed by atoms with Crippen LogP contribution in [0.1, 0.15) is 18.1 Å². The van der Waals surface area contributed by atoms with E-state index in [1.807, 2.05) is 19.2 Å². The van der Waals surface area contributed by atoms with Gasteiger partial charge < -0.3 is 15.0 Å². The number of aryl methyl sites for hydroxylation is 1. The first kappa shape index (κ1) is 13.6. The van der Waals surface area contributed by atoms with Crippen LogP contribution in [0.25, 0.3) is 10.9 Å². The fourth-order valence-corrected chi connectivity index (χ4v) is 2.50. The van der Waals surface area contributed by atoms with Crippen molar-refractivity contribution in [2.75, 3.05) is 11.9 Å². The average Bonchev–Trinajstić information content (AvgIpc) is 2.94. The number of ether oxygens (including phenoxy) is 1. The molecule has 0 aliphatic rings. The van der Waals surface area contributed by atoms with E-state index >= 15 is 0 Å². The summed E-state index contributed by atoms with van der Waals surface area (Å²) >= 11 is 0. The Bertz CT molecular complexity index is 746. The normalized spacial score (nSPS) is 10.8. The van der Waals surface area contributed by atoms with Gasteiger partial charge >= 0.3 is 0 Å². The second kappa shape index (κ2) is 5.92. The molecule has 108 valence electrons. The van der Waals surface area contributed by atoms with E-state index in [1.165, 1.54) is 22.0 Å². The minimum atomic E-state index is 0.697. The molecule has 0 spiro atoms. The summed E-state index contributed by atoms with van der Waals surface area (Å²) < 4.78 is 5.51. The monoisotopic (exact) mass is 280 g/mol.